The Balaban J connectivity index is 1.69. The van der Waals surface area contributed by atoms with E-state index in [1.807, 2.05) is 23.0 Å². The molecule has 1 aromatic heterocycles. The van der Waals surface area contributed by atoms with Gasteiger partial charge in [-0.15, -0.1) is 0 Å². The maximum Gasteiger partial charge on any atom is 0.253 e. The fourth-order valence-corrected chi connectivity index (χ4v) is 2.77. The number of hydrogen-bond acceptors (Lipinski definition) is 2. The lowest BCUT2D eigenvalue weighted by Crippen LogP contribution is -2.24. The van der Waals surface area contributed by atoms with Crippen LogP contribution in [-0.4, -0.2) is 15.7 Å². The van der Waals surface area contributed by atoms with Crippen molar-refractivity contribution < 1.29 is 4.79 Å². The van der Waals surface area contributed by atoms with Crippen LogP contribution in [0.25, 0.3) is 0 Å². The van der Waals surface area contributed by atoms with Crippen molar-refractivity contribution in [3.63, 3.8) is 0 Å². The smallest absolute Gasteiger partial charge is 0.253 e. The Labute approximate surface area is 122 Å². The Hall–Kier alpha value is -1.81. The molecule has 0 aliphatic carbocycles. The van der Waals surface area contributed by atoms with Crippen molar-refractivity contribution in [1.82, 2.24) is 15.1 Å². The van der Waals surface area contributed by atoms with Gasteiger partial charge in [0, 0.05) is 24.3 Å². The number of aromatic nitrogens is 2. The lowest BCUT2D eigenvalue weighted by atomic mass is 10.1. The average molecular weight is 290 g/mol. The van der Waals surface area contributed by atoms with Crippen LogP contribution in [0.3, 0.4) is 0 Å². The largest absolute Gasteiger partial charge is 0.348 e. The number of halogens is 1. The molecule has 1 aromatic carbocycles. The molecule has 0 spiro atoms. The molecule has 4 nitrogen and oxygen atoms in total. The van der Waals surface area contributed by atoms with Crippen molar-refractivity contribution >= 4 is 17.5 Å². The molecule has 2 heterocycles. The highest BCUT2D eigenvalue weighted by molar-refractivity contribution is 6.33. The van der Waals surface area contributed by atoms with Crippen molar-refractivity contribution in [2.75, 3.05) is 0 Å². The molecule has 0 saturated carbocycles. The predicted octanol–water partition coefficient (Wildman–Crippen LogP) is 2.80. The first kappa shape index (κ1) is 13.2. The molecule has 1 N–H and O–H groups in total. The molecule has 104 valence electrons. The van der Waals surface area contributed by atoms with E-state index in [4.69, 9.17) is 11.6 Å². The number of rotatable bonds is 3. The Morgan fingerprint density at radius 1 is 1.35 bits per heavy atom. The summed E-state index contributed by atoms with van der Waals surface area (Å²) in [7, 11) is 0. The summed E-state index contributed by atoms with van der Waals surface area (Å²) in [6, 6.07) is 7.07. The van der Waals surface area contributed by atoms with Crippen molar-refractivity contribution in [3.8, 4) is 0 Å². The zero-order chi connectivity index (χ0) is 13.9. The third kappa shape index (κ3) is 2.56. The summed E-state index contributed by atoms with van der Waals surface area (Å²) in [6.45, 7) is 1.48. The first-order chi connectivity index (χ1) is 9.75. The van der Waals surface area contributed by atoms with Gasteiger partial charge < -0.3 is 5.32 Å². The lowest BCUT2D eigenvalue weighted by Gasteiger charge is -2.15. The normalized spacial score (nSPS) is 13.8. The highest BCUT2D eigenvalue weighted by atomic mass is 35.5. The SMILES string of the molecule is O=C(NCc1cnn2c1CCCC2)c1ccccc1Cl. The second-order valence-electron chi connectivity index (χ2n) is 4.96. The van der Waals surface area contributed by atoms with Crippen LogP contribution < -0.4 is 5.32 Å². The maximum atomic E-state index is 12.1. The van der Waals surface area contributed by atoms with Gasteiger partial charge in [-0.05, 0) is 31.4 Å². The molecule has 0 unspecified atom stereocenters. The zero-order valence-corrected chi connectivity index (χ0v) is 11.9. The molecular weight excluding hydrogens is 274 g/mol. The molecule has 5 heteroatoms. The van der Waals surface area contributed by atoms with Crippen LogP contribution in [-0.2, 0) is 19.5 Å². The molecule has 0 bridgehead atoms. The summed E-state index contributed by atoms with van der Waals surface area (Å²) in [5.41, 5.74) is 2.86. The molecule has 1 aliphatic heterocycles. The van der Waals surface area contributed by atoms with Crippen molar-refractivity contribution in [2.45, 2.75) is 32.4 Å². The number of aryl methyl sites for hydroxylation is 1. The van der Waals surface area contributed by atoms with E-state index < -0.39 is 0 Å². The Kier molecular flexibility index (Phi) is 3.74. The van der Waals surface area contributed by atoms with Crippen LogP contribution in [0.15, 0.2) is 30.5 Å². The van der Waals surface area contributed by atoms with E-state index in [0.717, 1.165) is 18.5 Å². The number of nitrogens with one attached hydrogen (secondary N) is 1. The molecule has 1 amide bonds. The monoisotopic (exact) mass is 289 g/mol. The van der Waals surface area contributed by atoms with Gasteiger partial charge >= 0.3 is 0 Å². The van der Waals surface area contributed by atoms with E-state index in [2.05, 4.69) is 10.4 Å². The van der Waals surface area contributed by atoms with Crippen LogP contribution in [0.4, 0.5) is 0 Å². The zero-order valence-electron chi connectivity index (χ0n) is 11.1. The summed E-state index contributed by atoms with van der Waals surface area (Å²) in [4.78, 5) is 12.1. The third-order valence-electron chi connectivity index (χ3n) is 3.63. The minimum atomic E-state index is -0.147. The molecule has 1 aliphatic rings. The molecule has 20 heavy (non-hydrogen) atoms. The van der Waals surface area contributed by atoms with Crippen molar-refractivity contribution in [2.24, 2.45) is 0 Å². The van der Waals surface area contributed by atoms with Gasteiger partial charge in [0.1, 0.15) is 0 Å². The Bertz CT molecular complexity index is 636. The summed E-state index contributed by atoms with van der Waals surface area (Å²) < 4.78 is 2.04. The van der Waals surface area contributed by atoms with Gasteiger partial charge in [0.15, 0.2) is 0 Å². The number of nitrogens with zero attached hydrogens (tertiary/aromatic N) is 2. The van der Waals surface area contributed by atoms with Crippen LogP contribution >= 0.6 is 11.6 Å². The summed E-state index contributed by atoms with van der Waals surface area (Å²) in [5, 5.41) is 7.75. The fraction of sp³-hybridized carbons (Fsp3) is 0.333. The minimum absolute atomic E-state index is 0.147. The number of hydrogen-bond donors (Lipinski definition) is 1. The molecule has 0 saturated heterocycles. The first-order valence-electron chi connectivity index (χ1n) is 6.82. The Morgan fingerprint density at radius 2 is 2.20 bits per heavy atom. The third-order valence-corrected chi connectivity index (χ3v) is 3.96. The number of amides is 1. The van der Waals surface area contributed by atoms with Gasteiger partial charge in [-0.2, -0.15) is 5.10 Å². The summed E-state index contributed by atoms with van der Waals surface area (Å²) >= 11 is 6.02. The summed E-state index contributed by atoms with van der Waals surface area (Å²) in [5.74, 6) is -0.147. The number of benzene rings is 1. The molecular formula is C15H16ClN3O. The number of carbonyl (C=O) groups is 1. The standard InChI is InChI=1S/C15H16ClN3O/c16-13-6-2-1-5-12(13)15(20)17-9-11-10-18-19-8-4-3-7-14(11)19/h1-2,5-6,10H,3-4,7-9H2,(H,17,20). The van der Waals surface area contributed by atoms with Crippen molar-refractivity contribution in [3.05, 3.63) is 52.3 Å². The van der Waals surface area contributed by atoms with Gasteiger partial charge in [0.05, 0.1) is 16.8 Å². The number of fused-ring (bicyclic) bond motifs is 1. The van der Waals surface area contributed by atoms with Crippen LogP contribution in [0.2, 0.25) is 5.02 Å². The first-order valence-corrected chi connectivity index (χ1v) is 7.20. The molecule has 0 fully saturated rings. The summed E-state index contributed by atoms with van der Waals surface area (Å²) in [6.07, 6.45) is 5.27. The Morgan fingerprint density at radius 3 is 3.05 bits per heavy atom. The van der Waals surface area contributed by atoms with E-state index in [1.165, 1.54) is 18.5 Å². The van der Waals surface area contributed by atoms with E-state index in [-0.39, 0.29) is 5.91 Å². The lowest BCUT2D eigenvalue weighted by molar-refractivity contribution is 0.0951. The van der Waals surface area contributed by atoms with E-state index in [9.17, 15) is 4.79 Å². The fourth-order valence-electron chi connectivity index (χ4n) is 2.55. The van der Waals surface area contributed by atoms with E-state index in [0.29, 0.717) is 17.1 Å². The molecule has 0 atom stereocenters. The average Bonchev–Trinajstić information content (AvgIpc) is 2.88. The van der Waals surface area contributed by atoms with Crippen molar-refractivity contribution in [1.29, 1.82) is 0 Å². The highest BCUT2D eigenvalue weighted by Gasteiger charge is 2.16. The molecule has 3 rings (SSSR count). The van der Waals surface area contributed by atoms with E-state index in [1.54, 1.807) is 12.1 Å². The van der Waals surface area contributed by atoms with Gasteiger partial charge in [0.25, 0.3) is 5.91 Å². The second kappa shape index (κ2) is 5.67. The van der Waals surface area contributed by atoms with Gasteiger partial charge in [-0.25, -0.2) is 0 Å². The maximum absolute atomic E-state index is 12.1. The van der Waals surface area contributed by atoms with E-state index >= 15 is 0 Å². The molecule has 0 radical (unpaired) electrons. The number of carbonyl (C=O) groups excluding carboxylic acids is 1. The predicted molar refractivity (Wildman–Crippen MR) is 77.8 cm³/mol. The minimum Gasteiger partial charge on any atom is -0.348 e. The van der Waals surface area contributed by atoms with Gasteiger partial charge in [-0.3, -0.25) is 9.48 Å². The molecule has 2 aromatic rings. The van der Waals surface area contributed by atoms with Gasteiger partial charge in [-0.1, -0.05) is 23.7 Å². The highest BCUT2D eigenvalue weighted by Crippen LogP contribution is 2.18. The second-order valence-corrected chi connectivity index (χ2v) is 5.37. The van der Waals surface area contributed by atoms with Crippen LogP contribution in [0, 0.1) is 0 Å². The quantitative estimate of drug-likeness (QED) is 0.944. The van der Waals surface area contributed by atoms with Gasteiger partial charge in [0.2, 0.25) is 0 Å². The van der Waals surface area contributed by atoms with Crippen LogP contribution in [0.1, 0.15) is 34.5 Å². The van der Waals surface area contributed by atoms with Crippen LogP contribution in [0.5, 0.6) is 0 Å². The topological polar surface area (TPSA) is 46.9 Å².